The van der Waals surface area contributed by atoms with Gasteiger partial charge < -0.3 is 20.0 Å². The molecule has 2 amide bonds. The SMILES string of the molecule is C=CCN(C(=O)C1N([C@@H](CO)[C@@H](C)CC)C(=O)[C@@H]2[C@H](C(=O)O)[C@H]3SC12CC3Br)C(C)C. The molecule has 9 heteroatoms. The third kappa shape index (κ3) is 3.64. The molecule has 0 aliphatic carbocycles. The van der Waals surface area contributed by atoms with Gasteiger partial charge in [-0.15, -0.1) is 18.3 Å². The first-order valence-corrected chi connectivity index (χ1v) is 12.8. The molecule has 8 atom stereocenters. The van der Waals surface area contributed by atoms with Crippen LogP contribution in [0.25, 0.3) is 0 Å². The van der Waals surface area contributed by atoms with E-state index in [4.69, 9.17) is 0 Å². The van der Waals surface area contributed by atoms with Crippen molar-refractivity contribution in [2.24, 2.45) is 17.8 Å². The number of rotatable bonds is 9. The molecule has 0 aromatic heterocycles. The van der Waals surface area contributed by atoms with Crippen LogP contribution in [0.2, 0.25) is 0 Å². The minimum Gasteiger partial charge on any atom is -0.481 e. The van der Waals surface area contributed by atoms with Crippen molar-refractivity contribution in [2.45, 2.75) is 73.5 Å². The lowest BCUT2D eigenvalue weighted by Crippen LogP contribution is -2.59. The normalized spacial score (nSPS) is 35.9. The Labute approximate surface area is 196 Å². The zero-order valence-electron chi connectivity index (χ0n) is 18.5. The molecule has 3 saturated heterocycles. The summed E-state index contributed by atoms with van der Waals surface area (Å²) in [7, 11) is 0. The minimum atomic E-state index is -0.995. The van der Waals surface area contributed by atoms with E-state index < -0.39 is 34.6 Å². The Morgan fingerprint density at radius 1 is 1.42 bits per heavy atom. The number of carboxylic acids is 1. The Bertz CT molecular complexity index is 764. The maximum absolute atomic E-state index is 14.0. The van der Waals surface area contributed by atoms with Crippen molar-refractivity contribution in [3.05, 3.63) is 12.7 Å². The molecule has 3 unspecified atom stereocenters. The molecule has 3 rings (SSSR count). The number of nitrogens with zero attached hydrogens (tertiary/aromatic N) is 2. The number of thioether (sulfide) groups is 1. The van der Waals surface area contributed by atoms with Crippen LogP contribution in [0.1, 0.15) is 40.5 Å². The molecule has 31 heavy (non-hydrogen) atoms. The first kappa shape index (κ1) is 24.6. The first-order chi connectivity index (χ1) is 14.6. The highest BCUT2D eigenvalue weighted by Crippen LogP contribution is 2.68. The van der Waals surface area contributed by atoms with Crippen LogP contribution in [-0.4, -0.2) is 83.9 Å². The van der Waals surface area contributed by atoms with Crippen molar-refractivity contribution in [3.8, 4) is 0 Å². The second-order valence-electron chi connectivity index (χ2n) is 9.26. The fourth-order valence-corrected chi connectivity index (χ4v) is 9.24. The summed E-state index contributed by atoms with van der Waals surface area (Å²) >= 11 is 5.13. The van der Waals surface area contributed by atoms with Crippen LogP contribution in [0.5, 0.6) is 0 Å². The highest BCUT2D eigenvalue weighted by Gasteiger charge is 2.76. The highest BCUT2D eigenvalue weighted by molar-refractivity contribution is 9.09. The van der Waals surface area contributed by atoms with Gasteiger partial charge >= 0.3 is 5.97 Å². The number of aliphatic hydroxyl groups excluding tert-OH is 1. The average molecular weight is 517 g/mol. The van der Waals surface area contributed by atoms with Crippen LogP contribution in [0.3, 0.4) is 0 Å². The predicted molar refractivity (Wildman–Crippen MR) is 124 cm³/mol. The van der Waals surface area contributed by atoms with Gasteiger partial charge in [-0.1, -0.05) is 42.3 Å². The number of hydrogen-bond acceptors (Lipinski definition) is 5. The Morgan fingerprint density at radius 3 is 2.55 bits per heavy atom. The summed E-state index contributed by atoms with van der Waals surface area (Å²) in [6, 6.07) is -1.45. The summed E-state index contributed by atoms with van der Waals surface area (Å²) in [5, 5.41) is 20.0. The molecular weight excluding hydrogens is 484 g/mol. The maximum Gasteiger partial charge on any atom is 0.308 e. The van der Waals surface area contributed by atoms with E-state index in [-0.39, 0.29) is 40.5 Å². The van der Waals surface area contributed by atoms with Crippen molar-refractivity contribution in [3.63, 3.8) is 0 Å². The van der Waals surface area contributed by atoms with Crippen molar-refractivity contribution < 1.29 is 24.6 Å². The van der Waals surface area contributed by atoms with Gasteiger partial charge in [0.15, 0.2) is 0 Å². The first-order valence-electron chi connectivity index (χ1n) is 11.0. The molecule has 2 bridgehead atoms. The van der Waals surface area contributed by atoms with Gasteiger partial charge in [-0.25, -0.2) is 0 Å². The molecule has 0 radical (unpaired) electrons. The fraction of sp³-hybridized carbons (Fsp3) is 0.773. The van der Waals surface area contributed by atoms with Gasteiger partial charge in [0, 0.05) is 22.7 Å². The molecule has 7 nitrogen and oxygen atoms in total. The summed E-state index contributed by atoms with van der Waals surface area (Å²) in [5.74, 6) is -3.13. The van der Waals surface area contributed by atoms with E-state index >= 15 is 0 Å². The van der Waals surface area contributed by atoms with Gasteiger partial charge in [0.25, 0.3) is 0 Å². The van der Waals surface area contributed by atoms with Crippen molar-refractivity contribution in [1.82, 2.24) is 9.80 Å². The van der Waals surface area contributed by atoms with E-state index in [1.807, 2.05) is 27.7 Å². The van der Waals surface area contributed by atoms with Crippen molar-refractivity contribution >= 4 is 45.5 Å². The lowest BCUT2D eigenvalue weighted by molar-refractivity contribution is -0.150. The summed E-state index contributed by atoms with van der Waals surface area (Å²) < 4.78 is -0.814. The third-order valence-corrected chi connectivity index (χ3v) is 10.5. The monoisotopic (exact) mass is 516 g/mol. The van der Waals surface area contributed by atoms with Crippen LogP contribution in [0, 0.1) is 17.8 Å². The van der Waals surface area contributed by atoms with E-state index in [9.17, 15) is 24.6 Å². The van der Waals surface area contributed by atoms with Crippen LogP contribution in [-0.2, 0) is 14.4 Å². The van der Waals surface area contributed by atoms with E-state index in [0.29, 0.717) is 13.0 Å². The number of carbonyl (C=O) groups is 3. The van der Waals surface area contributed by atoms with Crippen LogP contribution in [0.4, 0.5) is 0 Å². The average Bonchev–Trinajstić information content (AvgIpc) is 3.30. The second-order valence-corrected chi connectivity index (χ2v) is 12.0. The molecule has 0 aromatic carbocycles. The van der Waals surface area contributed by atoms with E-state index in [1.165, 1.54) is 11.8 Å². The van der Waals surface area contributed by atoms with E-state index in [0.717, 1.165) is 6.42 Å². The summed E-state index contributed by atoms with van der Waals surface area (Å²) in [6.07, 6.45) is 2.94. The molecule has 0 saturated carbocycles. The number of hydrogen-bond donors (Lipinski definition) is 2. The van der Waals surface area contributed by atoms with Gasteiger partial charge in [-0.05, 0) is 26.2 Å². The zero-order valence-corrected chi connectivity index (χ0v) is 20.9. The molecule has 3 aliphatic heterocycles. The third-order valence-electron chi connectivity index (χ3n) is 7.32. The maximum atomic E-state index is 14.0. The van der Waals surface area contributed by atoms with Crippen LogP contribution >= 0.6 is 27.7 Å². The number of carbonyl (C=O) groups excluding carboxylic acids is 2. The number of amides is 2. The van der Waals surface area contributed by atoms with Crippen LogP contribution in [0.15, 0.2) is 12.7 Å². The van der Waals surface area contributed by atoms with Gasteiger partial charge in [-0.2, -0.15) is 0 Å². The number of alkyl halides is 1. The van der Waals surface area contributed by atoms with Crippen molar-refractivity contribution in [1.29, 1.82) is 0 Å². The Morgan fingerprint density at radius 2 is 2.06 bits per heavy atom. The number of halogens is 1. The fourth-order valence-electron chi connectivity index (χ4n) is 5.65. The van der Waals surface area contributed by atoms with E-state index in [1.54, 1.807) is 15.9 Å². The number of carboxylic acid groups (broad SMARTS) is 1. The predicted octanol–water partition coefficient (Wildman–Crippen LogP) is 2.37. The van der Waals surface area contributed by atoms with Gasteiger partial charge in [0.2, 0.25) is 11.8 Å². The quantitative estimate of drug-likeness (QED) is 0.360. The minimum absolute atomic E-state index is 0.0309. The van der Waals surface area contributed by atoms with Gasteiger partial charge in [0.1, 0.15) is 6.04 Å². The lowest BCUT2D eigenvalue weighted by atomic mass is 9.71. The van der Waals surface area contributed by atoms with Crippen LogP contribution < -0.4 is 0 Å². The number of aliphatic carboxylic acids is 1. The Balaban J connectivity index is 2.16. The topological polar surface area (TPSA) is 98.2 Å². The Hall–Kier alpha value is -1.06. The smallest absolute Gasteiger partial charge is 0.308 e. The number of fused-ring (bicyclic) bond motifs is 1. The zero-order chi connectivity index (χ0) is 23.2. The molecule has 2 N–H and O–H groups in total. The molecular formula is C22H33BrN2O5S. The van der Waals surface area contributed by atoms with E-state index in [2.05, 4.69) is 22.5 Å². The lowest BCUT2D eigenvalue weighted by Gasteiger charge is -2.42. The summed E-state index contributed by atoms with van der Waals surface area (Å²) in [4.78, 5) is 43.2. The largest absolute Gasteiger partial charge is 0.481 e. The molecule has 3 heterocycles. The Kier molecular flexibility index (Phi) is 7.18. The molecule has 3 aliphatic rings. The van der Waals surface area contributed by atoms with Gasteiger partial charge in [-0.3, -0.25) is 14.4 Å². The van der Waals surface area contributed by atoms with Gasteiger partial charge in [0.05, 0.1) is 29.2 Å². The summed E-state index contributed by atoms with van der Waals surface area (Å²) in [5.41, 5.74) is 0. The van der Waals surface area contributed by atoms with Crippen molar-refractivity contribution in [2.75, 3.05) is 13.2 Å². The molecule has 3 fully saturated rings. The number of aliphatic hydroxyl groups is 1. The standard InChI is InChI=1S/C22H33BrN2O5S/c1-6-8-24(11(3)4)20(28)18-22-9-13(23)17(31-22)15(21(29)30)16(22)19(27)25(18)14(10-26)12(5)7-2/h6,11-18,26H,1,7-10H2,2-5H3,(H,29,30)/t12-,13?,14-,15-,16-,17-,18?,22?/m0/s1. The molecule has 0 aromatic rings. The molecule has 174 valence electrons. The number of likely N-dealkylation sites (tertiary alicyclic amines) is 1. The summed E-state index contributed by atoms with van der Waals surface area (Å²) in [6.45, 7) is 11.6. The second kappa shape index (κ2) is 9.06. The highest BCUT2D eigenvalue weighted by atomic mass is 79.9. The molecule has 1 spiro atoms.